The third-order valence-electron chi connectivity index (χ3n) is 5.75. The number of fused-ring (bicyclic) bond motifs is 1. The zero-order chi connectivity index (χ0) is 25.6. The maximum absolute atomic E-state index is 13.3. The second kappa shape index (κ2) is 9.39. The SMILES string of the molecule is COC(=O)c1ccc(C2C(=C(O)c3ccc(Cl)cc3)C(=O)C(=O)N2c2nc3ccc(Cl)cc3s2)cc1. The molecule has 4 aromatic rings. The Kier molecular flexibility index (Phi) is 6.26. The zero-order valence-electron chi connectivity index (χ0n) is 18.6. The summed E-state index contributed by atoms with van der Waals surface area (Å²) in [4.78, 5) is 44.4. The first-order valence-electron chi connectivity index (χ1n) is 10.6. The number of ketones is 1. The van der Waals surface area contributed by atoms with Crippen LogP contribution in [0.1, 0.15) is 27.5 Å². The van der Waals surface area contributed by atoms with E-state index in [1.165, 1.54) is 35.5 Å². The predicted molar refractivity (Wildman–Crippen MR) is 139 cm³/mol. The molecule has 1 aliphatic heterocycles. The van der Waals surface area contributed by atoms with E-state index in [9.17, 15) is 19.5 Å². The first-order valence-corrected chi connectivity index (χ1v) is 12.2. The van der Waals surface area contributed by atoms with Gasteiger partial charge >= 0.3 is 11.9 Å². The normalized spacial score (nSPS) is 17.1. The molecule has 1 amide bonds. The highest BCUT2D eigenvalue weighted by Gasteiger charge is 2.48. The Labute approximate surface area is 219 Å². The van der Waals surface area contributed by atoms with E-state index >= 15 is 0 Å². The Morgan fingerprint density at radius 3 is 2.28 bits per heavy atom. The van der Waals surface area contributed by atoms with Gasteiger partial charge in [-0.25, -0.2) is 9.78 Å². The lowest BCUT2D eigenvalue weighted by molar-refractivity contribution is -0.132. The van der Waals surface area contributed by atoms with Gasteiger partial charge in [-0.05, 0) is 60.2 Å². The lowest BCUT2D eigenvalue weighted by atomic mass is 9.95. The van der Waals surface area contributed by atoms with Crippen molar-refractivity contribution in [1.29, 1.82) is 0 Å². The first-order chi connectivity index (χ1) is 17.3. The maximum Gasteiger partial charge on any atom is 0.337 e. The second-order valence-corrected chi connectivity index (χ2v) is 9.78. The highest BCUT2D eigenvalue weighted by molar-refractivity contribution is 7.22. The minimum atomic E-state index is -0.997. The molecule has 1 aromatic heterocycles. The molecule has 1 aliphatic rings. The average molecular weight is 539 g/mol. The number of carbonyl (C=O) groups excluding carboxylic acids is 3. The number of carbonyl (C=O) groups is 3. The lowest BCUT2D eigenvalue weighted by Crippen LogP contribution is -2.29. The summed E-state index contributed by atoms with van der Waals surface area (Å²) in [5.41, 5.74) is 1.62. The van der Waals surface area contributed by atoms with Crippen LogP contribution in [0, 0.1) is 0 Å². The molecule has 1 N–H and O–H groups in total. The fourth-order valence-corrected chi connectivity index (χ4v) is 5.41. The van der Waals surface area contributed by atoms with Crippen LogP contribution in [-0.4, -0.2) is 34.9 Å². The van der Waals surface area contributed by atoms with Crippen LogP contribution in [0.3, 0.4) is 0 Å². The number of ether oxygens (including phenoxy) is 1. The fourth-order valence-electron chi connectivity index (χ4n) is 4.02. The summed E-state index contributed by atoms with van der Waals surface area (Å²) in [5.74, 6) is -2.57. The number of Topliss-reactive ketones (excluding diaryl/α,β-unsaturated/α-hetero) is 1. The highest BCUT2D eigenvalue weighted by Crippen LogP contribution is 2.44. The van der Waals surface area contributed by atoms with Crippen molar-refractivity contribution in [3.05, 3.63) is 99.0 Å². The van der Waals surface area contributed by atoms with Gasteiger partial charge in [0.05, 0.1) is 34.5 Å². The second-order valence-electron chi connectivity index (χ2n) is 7.90. The van der Waals surface area contributed by atoms with Crippen molar-refractivity contribution in [2.75, 3.05) is 12.0 Å². The molecule has 1 atom stereocenters. The van der Waals surface area contributed by atoms with Crippen molar-refractivity contribution >= 4 is 73.3 Å². The number of amides is 1. The number of hydrogen-bond acceptors (Lipinski definition) is 7. The van der Waals surface area contributed by atoms with E-state index in [-0.39, 0.29) is 16.5 Å². The summed E-state index contributed by atoms with van der Waals surface area (Å²) < 4.78 is 5.49. The summed E-state index contributed by atoms with van der Waals surface area (Å²) in [6.07, 6.45) is 0. The van der Waals surface area contributed by atoms with Gasteiger partial charge in [0.25, 0.3) is 5.78 Å². The van der Waals surface area contributed by atoms with E-state index in [1.54, 1.807) is 54.6 Å². The standard InChI is InChI=1S/C26H16Cl2N2O5S/c1-35-25(34)15-4-2-13(3-5-15)21-20(22(31)14-6-8-16(27)9-7-14)23(32)24(33)30(21)26-29-18-11-10-17(28)12-19(18)36-26/h2-12,21,31H,1H3. The van der Waals surface area contributed by atoms with Crippen molar-refractivity contribution in [2.45, 2.75) is 6.04 Å². The number of thiazole rings is 1. The van der Waals surface area contributed by atoms with Gasteiger partial charge in [-0.3, -0.25) is 14.5 Å². The van der Waals surface area contributed by atoms with Gasteiger partial charge in [-0.2, -0.15) is 0 Å². The van der Waals surface area contributed by atoms with Gasteiger partial charge in [0.2, 0.25) is 0 Å². The van der Waals surface area contributed by atoms with Crippen molar-refractivity contribution in [1.82, 2.24) is 4.98 Å². The molecular formula is C26H16Cl2N2O5S. The van der Waals surface area contributed by atoms with Gasteiger partial charge in [0.1, 0.15) is 5.76 Å². The topological polar surface area (TPSA) is 96.8 Å². The number of aromatic nitrogens is 1. The van der Waals surface area contributed by atoms with Crippen molar-refractivity contribution < 1.29 is 24.2 Å². The summed E-state index contributed by atoms with van der Waals surface area (Å²) in [6.45, 7) is 0. The molecule has 36 heavy (non-hydrogen) atoms. The number of benzene rings is 3. The van der Waals surface area contributed by atoms with Crippen LogP contribution in [0.4, 0.5) is 5.13 Å². The first kappa shape index (κ1) is 24.0. The molecule has 3 aromatic carbocycles. The smallest absolute Gasteiger partial charge is 0.337 e. The molecule has 0 saturated carbocycles. The minimum absolute atomic E-state index is 0.106. The number of methoxy groups -OCH3 is 1. The number of nitrogens with zero attached hydrogens (tertiary/aromatic N) is 2. The molecule has 2 heterocycles. The number of halogens is 2. The molecule has 1 unspecified atom stereocenters. The number of rotatable bonds is 4. The summed E-state index contributed by atoms with van der Waals surface area (Å²) in [6, 6.07) is 16.7. The van der Waals surface area contributed by atoms with E-state index in [0.29, 0.717) is 32.3 Å². The monoisotopic (exact) mass is 538 g/mol. The van der Waals surface area contributed by atoms with Crippen LogP contribution in [-0.2, 0) is 14.3 Å². The van der Waals surface area contributed by atoms with Gasteiger partial charge in [0.15, 0.2) is 5.13 Å². The largest absolute Gasteiger partial charge is 0.507 e. The Balaban J connectivity index is 1.70. The van der Waals surface area contributed by atoms with Gasteiger partial charge < -0.3 is 9.84 Å². The van der Waals surface area contributed by atoms with Gasteiger partial charge in [-0.15, -0.1) is 0 Å². The van der Waals surface area contributed by atoms with Crippen molar-refractivity contribution in [3.8, 4) is 0 Å². The van der Waals surface area contributed by atoms with Crippen LogP contribution in [0.2, 0.25) is 10.0 Å². The van der Waals surface area contributed by atoms with Gasteiger partial charge in [0, 0.05) is 15.6 Å². The molecule has 10 heteroatoms. The van der Waals surface area contributed by atoms with Gasteiger partial charge in [-0.1, -0.05) is 46.7 Å². The molecule has 5 rings (SSSR count). The van der Waals surface area contributed by atoms with Crippen molar-refractivity contribution in [3.63, 3.8) is 0 Å². The van der Waals surface area contributed by atoms with Crippen LogP contribution in [0.15, 0.2) is 72.3 Å². The summed E-state index contributed by atoms with van der Waals surface area (Å²) in [5, 5.41) is 12.4. The van der Waals surface area contributed by atoms with Crippen molar-refractivity contribution in [2.24, 2.45) is 0 Å². The Morgan fingerprint density at radius 2 is 1.61 bits per heavy atom. The zero-order valence-corrected chi connectivity index (χ0v) is 20.9. The molecule has 0 bridgehead atoms. The fraction of sp³-hybridized carbons (Fsp3) is 0.0769. The molecule has 0 radical (unpaired) electrons. The van der Waals surface area contributed by atoms with E-state index in [4.69, 9.17) is 27.9 Å². The molecule has 180 valence electrons. The van der Waals surface area contributed by atoms with Crippen LogP contribution < -0.4 is 4.90 Å². The number of hydrogen-bond donors (Lipinski definition) is 1. The van der Waals surface area contributed by atoms with Crippen LogP contribution >= 0.6 is 34.5 Å². The third-order valence-corrected chi connectivity index (χ3v) is 7.26. The molecule has 7 nitrogen and oxygen atoms in total. The number of aliphatic hydroxyl groups is 1. The molecular weight excluding hydrogens is 523 g/mol. The number of anilines is 1. The van der Waals surface area contributed by atoms with E-state index in [2.05, 4.69) is 4.98 Å². The highest BCUT2D eigenvalue weighted by atomic mass is 35.5. The van der Waals surface area contributed by atoms with Crippen LogP contribution in [0.25, 0.3) is 16.0 Å². The maximum atomic E-state index is 13.3. The molecule has 1 saturated heterocycles. The summed E-state index contributed by atoms with van der Waals surface area (Å²) in [7, 11) is 1.27. The van der Waals surface area contributed by atoms with Crippen LogP contribution in [0.5, 0.6) is 0 Å². The molecule has 0 spiro atoms. The Bertz CT molecular complexity index is 1560. The predicted octanol–water partition coefficient (Wildman–Crippen LogP) is 6.02. The van der Waals surface area contributed by atoms with E-state index in [0.717, 1.165) is 4.70 Å². The summed E-state index contributed by atoms with van der Waals surface area (Å²) >= 11 is 13.3. The third kappa shape index (κ3) is 4.13. The minimum Gasteiger partial charge on any atom is -0.507 e. The van der Waals surface area contributed by atoms with E-state index in [1.807, 2.05) is 0 Å². The number of esters is 1. The molecule has 0 aliphatic carbocycles. The Morgan fingerprint density at radius 1 is 0.972 bits per heavy atom. The lowest BCUT2D eigenvalue weighted by Gasteiger charge is -2.23. The average Bonchev–Trinajstić information content (AvgIpc) is 3.41. The number of aliphatic hydroxyl groups excluding tert-OH is 1. The Hall–Kier alpha value is -3.72. The quantitative estimate of drug-likeness (QED) is 0.148. The molecule has 1 fully saturated rings. The van der Waals surface area contributed by atoms with E-state index < -0.39 is 23.7 Å².